The first kappa shape index (κ1) is 24.9. The molecule has 1 amide bonds. The summed E-state index contributed by atoms with van der Waals surface area (Å²) in [5, 5.41) is 22.0. The maximum Gasteiger partial charge on any atom is 0.295 e. The summed E-state index contributed by atoms with van der Waals surface area (Å²) >= 11 is 18.3. The molecule has 1 aliphatic rings. The number of halogens is 3. The molecule has 1 atom stereocenters. The van der Waals surface area contributed by atoms with Gasteiger partial charge in [-0.25, -0.2) is 0 Å². The van der Waals surface area contributed by atoms with Gasteiger partial charge in [0, 0.05) is 16.6 Å². The maximum absolute atomic E-state index is 13.2. The van der Waals surface area contributed by atoms with Crippen LogP contribution < -0.4 is 4.74 Å². The van der Waals surface area contributed by atoms with Crippen molar-refractivity contribution in [2.75, 3.05) is 13.7 Å². The number of amides is 1. The number of phenols is 1. The molecule has 1 heterocycles. The summed E-state index contributed by atoms with van der Waals surface area (Å²) in [5.74, 6) is -1.93. The van der Waals surface area contributed by atoms with E-state index in [1.165, 1.54) is 36.3 Å². The van der Waals surface area contributed by atoms with Gasteiger partial charge in [0.25, 0.3) is 11.7 Å². The first-order chi connectivity index (χ1) is 16.7. The van der Waals surface area contributed by atoms with Crippen molar-refractivity contribution in [2.24, 2.45) is 0 Å². The van der Waals surface area contributed by atoms with Gasteiger partial charge in [0.1, 0.15) is 17.3 Å². The Morgan fingerprint density at radius 2 is 1.63 bits per heavy atom. The molecule has 2 N–H and O–H groups in total. The Morgan fingerprint density at radius 3 is 2.26 bits per heavy atom. The van der Waals surface area contributed by atoms with Gasteiger partial charge in [0.2, 0.25) is 0 Å². The number of likely N-dealkylation sites (tertiary alicyclic amines) is 1. The van der Waals surface area contributed by atoms with Gasteiger partial charge in [-0.1, -0.05) is 59.1 Å². The molecular formula is C26H20Cl3NO5. The molecule has 3 aromatic rings. The third kappa shape index (κ3) is 4.96. The average Bonchev–Trinajstić information content (AvgIpc) is 3.08. The van der Waals surface area contributed by atoms with Gasteiger partial charge in [0.05, 0.1) is 29.3 Å². The number of benzene rings is 3. The fourth-order valence-electron chi connectivity index (χ4n) is 4.10. The lowest BCUT2D eigenvalue weighted by atomic mass is 9.94. The lowest BCUT2D eigenvalue weighted by molar-refractivity contribution is -0.139. The molecule has 4 rings (SSSR count). The van der Waals surface area contributed by atoms with Crippen LogP contribution >= 0.6 is 34.8 Å². The number of Topliss-reactive ketones (excluding diaryl/α,β-unsaturated/α-hetero) is 1. The van der Waals surface area contributed by atoms with E-state index in [9.17, 15) is 19.8 Å². The number of carbonyl (C=O) groups is 2. The molecule has 6 nitrogen and oxygen atoms in total. The first-order valence-corrected chi connectivity index (χ1v) is 11.7. The van der Waals surface area contributed by atoms with Crippen LogP contribution in [0.15, 0.2) is 66.2 Å². The number of methoxy groups -OCH3 is 1. The highest BCUT2D eigenvalue weighted by molar-refractivity contribution is 6.46. The quantitative estimate of drug-likeness (QED) is 0.230. The Balaban J connectivity index is 1.84. The number of aliphatic hydroxyl groups is 1. The third-order valence-electron chi connectivity index (χ3n) is 5.77. The van der Waals surface area contributed by atoms with E-state index in [0.717, 1.165) is 5.56 Å². The van der Waals surface area contributed by atoms with Gasteiger partial charge in [0.15, 0.2) is 0 Å². The summed E-state index contributed by atoms with van der Waals surface area (Å²) in [7, 11) is 1.37. The molecule has 3 aromatic carbocycles. The molecular weight excluding hydrogens is 513 g/mol. The summed E-state index contributed by atoms with van der Waals surface area (Å²) in [5.41, 5.74) is 1.41. The van der Waals surface area contributed by atoms with Gasteiger partial charge < -0.3 is 19.8 Å². The number of aliphatic hydroxyl groups excluding tert-OH is 1. The second kappa shape index (κ2) is 10.2. The predicted octanol–water partition coefficient (Wildman–Crippen LogP) is 6.03. The van der Waals surface area contributed by atoms with Crippen LogP contribution in [-0.2, 0) is 16.0 Å². The zero-order chi connectivity index (χ0) is 25.3. The molecule has 1 aliphatic heterocycles. The highest BCUT2D eigenvalue weighted by Crippen LogP contribution is 2.43. The Bertz CT molecular complexity index is 1320. The largest absolute Gasteiger partial charge is 0.508 e. The number of nitrogens with zero attached hydrogens (tertiary/aromatic N) is 1. The minimum absolute atomic E-state index is 0.0233. The van der Waals surface area contributed by atoms with Crippen LogP contribution in [0.4, 0.5) is 0 Å². The maximum atomic E-state index is 13.2. The molecule has 0 saturated carbocycles. The number of ketones is 1. The van der Waals surface area contributed by atoms with Crippen molar-refractivity contribution in [2.45, 2.75) is 12.5 Å². The molecule has 35 heavy (non-hydrogen) atoms. The summed E-state index contributed by atoms with van der Waals surface area (Å²) < 4.78 is 5.33. The number of phenolic OH excluding ortho intramolecular Hbond substituents is 1. The van der Waals surface area contributed by atoms with Crippen LogP contribution in [-0.4, -0.2) is 40.5 Å². The number of rotatable bonds is 6. The zero-order valence-corrected chi connectivity index (χ0v) is 20.7. The van der Waals surface area contributed by atoms with E-state index in [2.05, 4.69) is 0 Å². The number of hydrogen-bond donors (Lipinski definition) is 2. The molecule has 180 valence electrons. The lowest BCUT2D eigenvalue weighted by Gasteiger charge is -2.25. The summed E-state index contributed by atoms with van der Waals surface area (Å²) in [6, 6.07) is 15.2. The normalized spacial score (nSPS) is 17.1. The lowest BCUT2D eigenvalue weighted by Crippen LogP contribution is -2.31. The smallest absolute Gasteiger partial charge is 0.295 e. The van der Waals surface area contributed by atoms with Crippen molar-refractivity contribution in [1.82, 2.24) is 4.90 Å². The Kier molecular flexibility index (Phi) is 7.26. The fraction of sp³-hybridized carbons (Fsp3) is 0.154. The van der Waals surface area contributed by atoms with Gasteiger partial charge >= 0.3 is 0 Å². The first-order valence-electron chi connectivity index (χ1n) is 10.6. The van der Waals surface area contributed by atoms with Gasteiger partial charge in [-0.15, -0.1) is 0 Å². The molecule has 0 aromatic heterocycles. The van der Waals surface area contributed by atoms with Crippen molar-refractivity contribution in [3.63, 3.8) is 0 Å². The van der Waals surface area contributed by atoms with E-state index in [-0.39, 0.29) is 39.2 Å². The van der Waals surface area contributed by atoms with Crippen LogP contribution in [0, 0.1) is 0 Å². The number of hydrogen-bond acceptors (Lipinski definition) is 5. The molecule has 1 unspecified atom stereocenters. The fourth-order valence-corrected chi connectivity index (χ4v) is 4.80. The minimum atomic E-state index is -0.912. The van der Waals surface area contributed by atoms with Crippen molar-refractivity contribution in [3.8, 4) is 11.5 Å². The molecule has 1 fully saturated rings. The Morgan fingerprint density at radius 1 is 0.971 bits per heavy atom. The Hall–Kier alpha value is -3.19. The van der Waals surface area contributed by atoms with Crippen molar-refractivity contribution in [3.05, 3.63) is 98.0 Å². The topological polar surface area (TPSA) is 87.1 Å². The van der Waals surface area contributed by atoms with Crippen LogP contribution in [0.1, 0.15) is 22.7 Å². The second-order valence-corrected chi connectivity index (χ2v) is 9.21. The van der Waals surface area contributed by atoms with E-state index < -0.39 is 23.5 Å². The minimum Gasteiger partial charge on any atom is -0.508 e. The van der Waals surface area contributed by atoms with Crippen LogP contribution in [0.25, 0.3) is 5.76 Å². The monoisotopic (exact) mass is 531 g/mol. The van der Waals surface area contributed by atoms with Crippen molar-refractivity contribution in [1.29, 1.82) is 0 Å². The van der Waals surface area contributed by atoms with Crippen molar-refractivity contribution < 1.29 is 24.5 Å². The van der Waals surface area contributed by atoms with Gasteiger partial charge in [-0.2, -0.15) is 0 Å². The summed E-state index contributed by atoms with van der Waals surface area (Å²) in [6.07, 6.45) is 0.450. The molecule has 0 bridgehead atoms. The molecule has 0 radical (unpaired) electrons. The van der Waals surface area contributed by atoms with Gasteiger partial charge in [-0.3, -0.25) is 9.59 Å². The predicted molar refractivity (Wildman–Crippen MR) is 135 cm³/mol. The number of carbonyl (C=O) groups excluding carboxylic acids is 2. The van der Waals surface area contributed by atoms with Crippen molar-refractivity contribution >= 4 is 52.3 Å². The number of ether oxygens (including phenoxy) is 1. The SMILES string of the molecule is COc1c(Cl)cc(Cl)cc1/C(O)=C1\C(=O)C(=O)N(CCc2ccc(Cl)cc2)C1c1ccc(O)cc1. The van der Waals surface area contributed by atoms with E-state index in [0.29, 0.717) is 17.0 Å². The molecule has 9 heteroatoms. The third-order valence-corrected chi connectivity index (χ3v) is 6.52. The van der Waals surface area contributed by atoms with Crippen LogP contribution in [0.3, 0.4) is 0 Å². The molecule has 1 saturated heterocycles. The van der Waals surface area contributed by atoms with E-state index in [1.807, 2.05) is 12.1 Å². The number of aromatic hydroxyl groups is 1. The second-order valence-electron chi connectivity index (χ2n) is 7.93. The molecule has 0 aliphatic carbocycles. The van der Waals surface area contributed by atoms with Gasteiger partial charge in [-0.05, 0) is 53.9 Å². The standard InChI is InChI=1S/C26H20Cl3NO5/c1-35-25-19(12-17(28)13-20(25)29)23(32)21-22(15-4-8-18(31)9-5-15)30(26(34)24(21)33)11-10-14-2-6-16(27)7-3-14/h2-9,12-13,22,31-32H,10-11H2,1H3/b23-21+. The van der Waals surface area contributed by atoms with E-state index in [4.69, 9.17) is 39.5 Å². The zero-order valence-electron chi connectivity index (χ0n) is 18.5. The highest BCUT2D eigenvalue weighted by Gasteiger charge is 2.46. The van der Waals surface area contributed by atoms with E-state index >= 15 is 0 Å². The van der Waals surface area contributed by atoms with Crippen LogP contribution in [0.5, 0.6) is 11.5 Å². The highest BCUT2D eigenvalue weighted by atomic mass is 35.5. The average molecular weight is 533 g/mol. The Labute approximate surface area is 216 Å². The summed E-state index contributed by atoms with van der Waals surface area (Å²) in [4.78, 5) is 27.8. The van der Waals surface area contributed by atoms with Crippen LogP contribution in [0.2, 0.25) is 15.1 Å². The van der Waals surface area contributed by atoms with E-state index in [1.54, 1.807) is 24.3 Å². The molecule has 0 spiro atoms. The summed E-state index contributed by atoms with van der Waals surface area (Å²) in [6.45, 7) is 0.196.